The van der Waals surface area contributed by atoms with Gasteiger partial charge in [-0.1, -0.05) is 0 Å². The van der Waals surface area contributed by atoms with Crippen LogP contribution in [0, 0.1) is 0 Å². The average molecular weight is 251 g/mol. The molecule has 1 aromatic heterocycles. The maximum absolute atomic E-state index is 11.7. The highest BCUT2D eigenvalue weighted by atomic mass is 16.5. The molecule has 2 heterocycles. The molecule has 1 aliphatic heterocycles. The lowest BCUT2D eigenvalue weighted by Crippen LogP contribution is -2.29. The second kappa shape index (κ2) is 5.68. The van der Waals surface area contributed by atoms with Crippen molar-refractivity contribution in [3.05, 3.63) is 17.8 Å². The third kappa shape index (κ3) is 2.70. The first-order chi connectivity index (χ1) is 8.72. The highest BCUT2D eigenvalue weighted by Gasteiger charge is 2.20. The van der Waals surface area contributed by atoms with Crippen molar-refractivity contribution in [2.45, 2.75) is 6.42 Å². The summed E-state index contributed by atoms with van der Waals surface area (Å²) in [6.45, 7) is 2.88. The number of carbonyl (C=O) groups is 1. The monoisotopic (exact) mass is 251 g/mol. The summed E-state index contributed by atoms with van der Waals surface area (Å²) in [5, 5.41) is 0. The van der Waals surface area contributed by atoms with Crippen LogP contribution in [0.25, 0.3) is 0 Å². The standard InChI is InChI=1S/C12H17N3O3/c1-17-12(16)10-7-9(13)8-14-11(10)15-3-2-5-18-6-4-15/h7-8H,2-6,13H2,1H3. The maximum atomic E-state index is 11.7. The van der Waals surface area contributed by atoms with Gasteiger partial charge in [0.25, 0.3) is 0 Å². The molecular formula is C12H17N3O3. The normalized spacial score (nSPS) is 16.2. The summed E-state index contributed by atoms with van der Waals surface area (Å²) < 4.78 is 10.1. The van der Waals surface area contributed by atoms with Crippen molar-refractivity contribution in [2.24, 2.45) is 0 Å². The van der Waals surface area contributed by atoms with Crippen molar-refractivity contribution >= 4 is 17.5 Å². The molecule has 1 aliphatic rings. The molecule has 1 saturated heterocycles. The zero-order valence-corrected chi connectivity index (χ0v) is 10.4. The Morgan fingerprint density at radius 3 is 3.11 bits per heavy atom. The number of rotatable bonds is 2. The van der Waals surface area contributed by atoms with E-state index in [0.29, 0.717) is 30.2 Å². The van der Waals surface area contributed by atoms with Gasteiger partial charge in [0.05, 0.1) is 25.6 Å². The molecule has 0 radical (unpaired) electrons. The molecule has 2 N–H and O–H groups in total. The van der Waals surface area contributed by atoms with E-state index in [1.54, 1.807) is 12.3 Å². The largest absolute Gasteiger partial charge is 0.465 e. The molecular weight excluding hydrogens is 234 g/mol. The van der Waals surface area contributed by atoms with Gasteiger partial charge in [-0.05, 0) is 12.5 Å². The Morgan fingerprint density at radius 1 is 1.50 bits per heavy atom. The Balaban J connectivity index is 2.32. The van der Waals surface area contributed by atoms with Crippen molar-refractivity contribution in [1.82, 2.24) is 4.98 Å². The second-order valence-corrected chi connectivity index (χ2v) is 4.08. The first kappa shape index (κ1) is 12.6. The molecule has 0 bridgehead atoms. The minimum Gasteiger partial charge on any atom is -0.465 e. The van der Waals surface area contributed by atoms with Crippen molar-refractivity contribution in [2.75, 3.05) is 44.0 Å². The summed E-state index contributed by atoms with van der Waals surface area (Å²) in [6, 6.07) is 1.60. The molecule has 0 unspecified atom stereocenters. The van der Waals surface area contributed by atoms with E-state index in [4.69, 9.17) is 15.2 Å². The fraction of sp³-hybridized carbons (Fsp3) is 0.500. The van der Waals surface area contributed by atoms with E-state index in [-0.39, 0.29) is 0 Å². The number of nitrogens with zero attached hydrogens (tertiary/aromatic N) is 2. The van der Waals surface area contributed by atoms with Crippen LogP contribution in [0.15, 0.2) is 12.3 Å². The molecule has 0 spiro atoms. The van der Waals surface area contributed by atoms with Crippen LogP contribution in [0.5, 0.6) is 0 Å². The number of anilines is 2. The molecule has 6 heteroatoms. The van der Waals surface area contributed by atoms with Crippen LogP contribution in [0.3, 0.4) is 0 Å². The van der Waals surface area contributed by atoms with Crippen LogP contribution in [0.4, 0.5) is 11.5 Å². The van der Waals surface area contributed by atoms with E-state index < -0.39 is 5.97 Å². The van der Waals surface area contributed by atoms with Crippen molar-refractivity contribution in [3.8, 4) is 0 Å². The van der Waals surface area contributed by atoms with Gasteiger partial charge in [0.2, 0.25) is 0 Å². The van der Waals surface area contributed by atoms with Crippen LogP contribution < -0.4 is 10.6 Å². The molecule has 1 aromatic rings. The summed E-state index contributed by atoms with van der Waals surface area (Å²) in [5.41, 5.74) is 6.52. The number of pyridine rings is 1. The number of nitrogen functional groups attached to an aromatic ring is 1. The van der Waals surface area contributed by atoms with Crippen molar-refractivity contribution in [3.63, 3.8) is 0 Å². The van der Waals surface area contributed by atoms with Gasteiger partial charge < -0.3 is 20.1 Å². The first-order valence-corrected chi connectivity index (χ1v) is 5.89. The SMILES string of the molecule is COC(=O)c1cc(N)cnc1N1CCCOCC1. The van der Waals surface area contributed by atoms with Crippen LogP contribution in [-0.2, 0) is 9.47 Å². The topological polar surface area (TPSA) is 77.7 Å². The molecule has 1 fully saturated rings. The predicted molar refractivity (Wildman–Crippen MR) is 67.6 cm³/mol. The van der Waals surface area contributed by atoms with Gasteiger partial charge >= 0.3 is 5.97 Å². The van der Waals surface area contributed by atoms with E-state index in [1.165, 1.54) is 7.11 Å². The molecule has 0 aromatic carbocycles. The molecule has 0 saturated carbocycles. The number of methoxy groups -OCH3 is 1. The van der Waals surface area contributed by atoms with E-state index in [2.05, 4.69) is 4.98 Å². The molecule has 6 nitrogen and oxygen atoms in total. The summed E-state index contributed by atoms with van der Waals surface area (Å²) in [7, 11) is 1.35. The molecule has 2 rings (SSSR count). The van der Waals surface area contributed by atoms with Gasteiger partial charge in [0.15, 0.2) is 0 Å². The zero-order valence-electron chi connectivity index (χ0n) is 10.4. The Hall–Kier alpha value is -1.82. The Bertz CT molecular complexity index is 429. The fourth-order valence-corrected chi connectivity index (χ4v) is 1.94. The number of carbonyl (C=O) groups excluding carboxylic acids is 1. The summed E-state index contributed by atoms with van der Waals surface area (Å²) in [5.74, 6) is 0.191. The quantitative estimate of drug-likeness (QED) is 0.779. The number of ether oxygens (including phenoxy) is 2. The second-order valence-electron chi connectivity index (χ2n) is 4.08. The van der Waals surface area contributed by atoms with Gasteiger partial charge in [-0.2, -0.15) is 0 Å². The lowest BCUT2D eigenvalue weighted by molar-refractivity contribution is 0.0601. The summed E-state index contributed by atoms with van der Waals surface area (Å²) in [4.78, 5) is 18.0. The smallest absolute Gasteiger partial charge is 0.341 e. The number of aromatic nitrogens is 1. The number of hydrogen-bond donors (Lipinski definition) is 1. The first-order valence-electron chi connectivity index (χ1n) is 5.89. The summed E-state index contributed by atoms with van der Waals surface area (Å²) in [6.07, 6.45) is 2.46. The van der Waals surface area contributed by atoms with Gasteiger partial charge in [-0.3, -0.25) is 0 Å². The minimum atomic E-state index is -0.421. The van der Waals surface area contributed by atoms with Crippen LogP contribution in [-0.4, -0.2) is 44.4 Å². The molecule has 98 valence electrons. The molecule has 0 atom stereocenters. The van der Waals surface area contributed by atoms with Crippen molar-refractivity contribution in [1.29, 1.82) is 0 Å². The third-order valence-electron chi connectivity index (χ3n) is 2.81. The van der Waals surface area contributed by atoms with Gasteiger partial charge in [0.1, 0.15) is 11.4 Å². The number of esters is 1. The molecule has 18 heavy (non-hydrogen) atoms. The Morgan fingerprint density at radius 2 is 2.33 bits per heavy atom. The molecule has 0 amide bonds. The lowest BCUT2D eigenvalue weighted by Gasteiger charge is -2.22. The Kier molecular flexibility index (Phi) is 3.99. The number of nitrogens with two attached hydrogens (primary N) is 1. The zero-order chi connectivity index (χ0) is 13.0. The number of hydrogen-bond acceptors (Lipinski definition) is 6. The average Bonchev–Trinajstić information content (AvgIpc) is 2.66. The fourth-order valence-electron chi connectivity index (χ4n) is 1.94. The van der Waals surface area contributed by atoms with Gasteiger partial charge in [0, 0.05) is 19.7 Å². The third-order valence-corrected chi connectivity index (χ3v) is 2.81. The van der Waals surface area contributed by atoms with Gasteiger partial charge in [-0.15, -0.1) is 0 Å². The van der Waals surface area contributed by atoms with Gasteiger partial charge in [-0.25, -0.2) is 9.78 Å². The van der Waals surface area contributed by atoms with E-state index in [1.807, 2.05) is 4.90 Å². The highest BCUT2D eigenvalue weighted by Crippen LogP contribution is 2.21. The van der Waals surface area contributed by atoms with Crippen molar-refractivity contribution < 1.29 is 14.3 Å². The maximum Gasteiger partial charge on any atom is 0.341 e. The highest BCUT2D eigenvalue weighted by molar-refractivity contribution is 5.95. The van der Waals surface area contributed by atoms with E-state index >= 15 is 0 Å². The van der Waals surface area contributed by atoms with E-state index in [0.717, 1.165) is 19.6 Å². The van der Waals surface area contributed by atoms with Crippen LogP contribution in [0.1, 0.15) is 16.8 Å². The minimum absolute atomic E-state index is 0.402. The van der Waals surface area contributed by atoms with E-state index in [9.17, 15) is 4.79 Å². The Labute approximate surface area is 106 Å². The van der Waals surface area contributed by atoms with Crippen LogP contribution in [0.2, 0.25) is 0 Å². The molecule has 0 aliphatic carbocycles. The van der Waals surface area contributed by atoms with Crippen LogP contribution >= 0.6 is 0 Å². The predicted octanol–water partition coefficient (Wildman–Crippen LogP) is 0.677. The summed E-state index contributed by atoms with van der Waals surface area (Å²) >= 11 is 0. The lowest BCUT2D eigenvalue weighted by atomic mass is 10.2.